The van der Waals surface area contributed by atoms with Crippen LogP contribution < -0.4 is 4.90 Å². The summed E-state index contributed by atoms with van der Waals surface area (Å²) in [5.41, 5.74) is 1.13. The minimum Gasteiger partial charge on any atom is -0.383 e. The summed E-state index contributed by atoms with van der Waals surface area (Å²) in [6, 6.07) is 7.76. The topological polar surface area (TPSA) is 72.9 Å². The van der Waals surface area contributed by atoms with Crippen LogP contribution in [0.15, 0.2) is 18.3 Å². The zero-order chi connectivity index (χ0) is 12.5. The lowest BCUT2D eigenvalue weighted by Gasteiger charge is -2.23. The van der Waals surface area contributed by atoms with Gasteiger partial charge in [-0.3, -0.25) is 0 Å². The number of hydrogen-bond donors (Lipinski definition) is 0. The fourth-order valence-corrected chi connectivity index (χ4v) is 1.48. The summed E-state index contributed by atoms with van der Waals surface area (Å²) in [6.45, 7) is 1.75. The average Bonchev–Trinajstić information content (AvgIpc) is 2.39. The molecule has 0 aliphatic carbocycles. The minimum atomic E-state index is 0.376. The Labute approximate surface area is 101 Å². The van der Waals surface area contributed by atoms with Gasteiger partial charge in [0.25, 0.3) is 0 Å². The van der Waals surface area contributed by atoms with Gasteiger partial charge in [0.1, 0.15) is 6.07 Å². The molecule has 0 bridgehead atoms. The average molecular weight is 230 g/mol. The molecule has 17 heavy (non-hydrogen) atoms. The second-order valence-corrected chi connectivity index (χ2v) is 3.37. The van der Waals surface area contributed by atoms with Gasteiger partial charge >= 0.3 is 0 Å². The van der Waals surface area contributed by atoms with Crippen molar-refractivity contribution in [3.05, 3.63) is 24.0 Å². The highest BCUT2D eigenvalue weighted by Crippen LogP contribution is 2.17. The van der Waals surface area contributed by atoms with Crippen molar-refractivity contribution in [2.45, 2.75) is 6.42 Å². The molecule has 0 spiro atoms. The first-order valence-corrected chi connectivity index (χ1v) is 5.29. The first-order valence-electron chi connectivity index (χ1n) is 5.29. The molecule has 1 aromatic heterocycles. The van der Waals surface area contributed by atoms with Gasteiger partial charge in [-0.05, 0) is 12.1 Å². The highest BCUT2D eigenvalue weighted by atomic mass is 16.5. The van der Waals surface area contributed by atoms with Crippen molar-refractivity contribution in [3.63, 3.8) is 0 Å². The van der Waals surface area contributed by atoms with E-state index in [0.717, 1.165) is 5.69 Å². The second-order valence-electron chi connectivity index (χ2n) is 3.37. The summed E-state index contributed by atoms with van der Waals surface area (Å²) in [5, 5.41) is 17.6. The van der Waals surface area contributed by atoms with Crippen LogP contribution in [-0.4, -0.2) is 31.8 Å². The van der Waals surface area contributed by atoms with Gasteiger partial charge in [-0.15, -0.1) is 0 Å². The molecule has 5 nitrogen and oxygen atoms in total. The normalized spacial score (nSPS) is 9.35. The Bertz CT molecular complexity index is 433. The van der Waals surface area contributed by atoms with E-state index in [1.807, 2.05) is 11.0 Å². The zero-order valence-corrected chi connectivity index (χ0v) is 9.76. The van der Waals surface area contributed by atoms with Crippen LogP contribution in [0.3, 0.4) is 0 Å². The molecule has 0 fully saturated rings. The molecule has 1 aromatic rings. The summed E-state index contributed by atoms with van der Waals surface area (Å²) in [5.74, 6) is 0. The van der Waals surface area contributed by atoms with Gasteiger partial charge in [0.15, 0.2) is 5.69 Å². The first-order chi connectivity index (χ1) is 8.33. The molecule has 0 aliphatic rings. The predicted octanol–water partition coefficient (Wildman–Crippen LogP) is 1.32. The molecule has 0 aromatic carbocycles. The van der Waals surface area contributed by atoms with Gasteiger partial charge in [-0.1, -0.05) is 0 Å². The van der Waals surface area contributed by atoms with Crippen LogP contribution in [0.4, 0.5) is 5.69 Å². The lowest BCUT2D eigenvalue weighted by Crippen LogP contribution is -2.29. The van der Waals surface area contributed by atoms with Crippen molar-refractivity contribution in [1.82, 2.24) is 4.98 Å². The molecular weight excluding hydrogens is 216 g/mol. The van der Waals surface area contributed by atoms with Crippen molar-refractivity contribution in [2.75, 3.05) is 31.7 Å². The molecule has 0 amide bonds. The molecule has 0 unspecified atom stereocenters. The number of rotatable bonds is 6. The first kappa shape index (κ1) is 13.0. The smallest absolute Gasteiger partial charge is 0.163 e. The van der Waals surface area contributed by atoms with E-state index in [0.29, 0.717) is 31.8 Å². The van der Waals surface area contributed by atoms with Crippen LogP contribution in [0.25, 0.3) is 0 Å². The van der Waals surface area contributed by atoms with Gasteiger partial charge in [0.05, 0.1) is 24.8 Å². The molecule has 1 rings (SSSR count). The number of nitrogens with zero attached hydrogens (tertiary/aromatic N) is 4. The highest BCUT2D eigenvalue weighted by Gasteiger charge is 2.11. The van der Waals surface area contributed by atoms with Gasteiger partial charge in [-0.2, -0.15) is 10.5 Å². The van der Waals surface area contributed by atoms with Crippen LogP contribution in [0.2, 0.25) is 0 Å². The highest BCUT2D eigenvalue weighted by molar-refractivity contribution is 5.55. The number of pyridine rings is 1. The fourth-order valence-electron chi connectivity index (χ4n) is 1.48. The number of anilines is 1. The standard InChI is InChI=1S/C12H14N4O/c1-17-9-8-16(7-3-5-13)12-4-2-6-15-11(12)10-14/h2,4,6H,3,7-9H2,1H3. The summed E-state index contributed by atoms with van der Waals surface area (Å²) in [7, 11) is 1.62. The van der Waals surface area contributed by atoms with E-state index in [-0.39, 0.29) is 0 Å². The molecule has 0 radical (unpaired) electrons. The van der Waals surface area contributed by atoms with E-state index in [1.165, 1.54) is 0 Å². The van der Waals surface area contributed by atoms with Crippen LogP contribution in [0, 0.1) is 22.7 Å². The maximum absolute atomic E-state index is 8.98. The molecule has 0 saturated carbocycles. The Morgan fingerprint density at radius 3 is 2.88 bits per heavy atom. The van der Waals surface area contributed by atoms with Gasteiger partial charge in [0, 0.05) is 26.4 Å². The lowest BCUT2D eigenvalue weighted by molar-refractivity contribution is 0.205. The summed E-state index contributed by atoms with van der Waals surface area (Å²) in [6.07, 6.45) is 1.99. The van der Waals surface area contributed by atoms with Crippen LogP contribution >= 0.6 is 0 Å². The number of hydrogen-bond acceptors (Lipinski definition) is 5. The lowest BCUT2D eigenvalue weighted by atomic mass is 10.2. The van der Waals surface area contributed by atoms with Crippen LogP contribution in [-0.2, 0) is 4.74 Å². The Morgan fingerprint density at radius 1 is 1.41 bits per heavy atom. The van der Waals surface area contributed by atoms with Crippen molar-refractivity contribution < 1.29 is 4.74 Å². The molecule has 1 heterocycles. The Balaban J connectivity index is 2.88. The van der Waals surface area contributed by atoms with Gasteiger partial charge in [0.2, 0.25) is 0 Å². The summed E-state index contributed by atoms with van der Waals surface area (Å²) >= 11 is 0. The summed E-state index contributed by atoms with van der Waals surface area (Å²) in [4.78, 5) is 5.95. The van der Waals surface area contributed by atoms with E-state index >= 15 is 0 Å². The second kappa shape index (κ2) is 7.21. The fraction of sp³-hybridized carbons (Fsp3) is 0.417. The molecule has 5 heteroatoms. The minimum absolute atomic E-state index is 0.376. The van der Waals surface area contributed by atoms with Crippen molar-refractivity contribution in [3.8, 4) is 12.1 Å². The Morgan fingerprint density at radius 2 is 2.24 bits per heavy atom. The van der Waals surface area contributed by atoms with E-state index < -0.39 is 0 Å². The number of nitriles is 2. The van der Waals surface area contributed by atoms with Crippen molar-refractivity contribution in [2.24, 2.45) is 0 Å². The van der Waals surface area contributed by atoms with Crippen molar-refractivity contribution in [1.29, 1.82) is 10.5 Å². The third-order valence-electron chi connectivity index (χ3n) is 2.29. The predicted molar refractivity (Wildman–Crippen MR) is 63.3 cm³/mol. The summed E-state index contributed by atoms with van der Waals surface area (Å²) < 4.78 is 5.02. The van der Waals surface area contributed by atoms with Crippen LogP contribution in [0.5, 0.6) is 0 Å². The Hall–Kier alpha value is -2.11. The number of ether oxygens (including phenoxy) is 1. The van der Waals surface area contributed by atoms with E-state index in [1.54, 1.807) is 19.4 Å². The molecule has 0 saturated heterocycles. The maximum Gasteiger partial charge on any atom is 0.163 e. The van der Waals surface area contributed by atoms with E-state index in [2.05, 4.69) is 17.1 Å². The number of methoxy groups -OCH3 is 1. The third kappa shape index (κ3) is 3.75. The van der Waals surface area contributed by atoms with Crippen LogP contribution in [0.1, 0.15) is 12.1 Å². The molecule has 0 atom stereocenters. The van der Waals surface area contributed by atoms with E-state index in [9.17, 15) is 0 Å². The monoisotopic (exact) mass is 230 g/mol. The maximum atomic E-state index is 8.98. The quantitative estimate of drug-likeness (QED) is 0.736. The van der Waals surface area contributed by atoms with Gasteiger partial charge < -0.3 is 9.64 Å². The largest absolute Gasteiger partial charge is 0.383 e. The number of aromatic nitrogens is 1. The van der Waals surface area contributed by atoms with E-state index in [4.69, 9.17) is 15.3 Å². The molecular formula is C12H14N4O. The Kier molecular flexibility index (Phi) is 5.50. The van der Waals surface area contributed by atoms with Gasteiger partial charge in [-0.25, -0.2) is 4.98 Å². The van der Waals surface area contributed by atoms with Crippen molar-refractivity contribution >= 4 is 5.69 Å². The third-order valence-corrected chi connectivity index (χ3v) is 2.29. The molecule has 0 N–H and O–H groups in total. The SMILES string of the molecule is COCCN(CCC#N)c1cccnc1C#N. The molecule has 88 valence electrons. The molecule has 0 aliphatic heterocycles. The zero-order valence-electron chi connectivity index (χ0n) is 9.76.